The van der Waals surface area contributed by atoms with Crippen LogP contribution in [0, 0.1) is 5.92 Å². The molecule has 0 saturated carbocycles. The van der Waals surface area contributed by atoms with Crippen LogP contribution in [-0.4, -0.2) is 29.6 Å². The van der Waals surface area contributed by atoms with E-state index in [4.69, 9.17) is 0 Å². The van der Waals surface area contributed by atoms with Gasteiger partial charge in [-0.15, -0.1) is 0 Å². The van der Waals surface area contributed by atoms with Gasteiger partial charge in [0.25, 0.3) is 0 Å². The Balaban J connectivity index is 2.07. The number of hydrogen-bond donors (Lipinski definition) is 1. The summed E-state index contributed by atoms with van der Waals surface area (Å²) >= 11 is 0. The average molecular weight is 217 g/mol. The number of hydrogen-bond acceptors (Lipinski definition) is 2. The van der Waals surface area contributed by atoms with Gasteiger partial charge in [-0.2, -0.15) is 0 Å². The second-order valence-corrected chi connectivity index (χ2v) is 5.39. The highest BCUT2D eigenvalue weighted by molar-refractivity contribution is 5.41. The predicted octanol–water partition coefficient (Wildman–Crippen LogP) is 2.37. The quantitative estimate of drug-likeness (QED) is 0.721. The molecule has 86 valence electrons. The number of aromatic hydroxyl groups is 1. The van der Waals surface area contributed by atoms with E-state index in [1.54, 1.807) is 0 Å². The van der Waals surface area contributed by atoms with Crippen molar-refractivity contribution in [2.24, 2.45) is 5.92 Å². The number of likely N-dealkylation sites (N-methyl/N-ethyl adjacent to an activating group) is 1. The zero-order chi connectivity index (χ0) is 11.3. The van der Waals surface area contributed by atoms with Crippen molar-refractivity contribution in [2.75, 3.05) is 13.6 Å². The van der Waals surface area contributed by atoms with Crippen LogP contribution in [0.3, 0.4) is 0 Å². The standard InChI is InChI=1S/C14H19NO/c1-9-12-5-6-15(2)14(9)7-10-3-4-11(16)8-13(10)12/h3-4,8-9,12,14,16H,5-7H2,1-2H3/t9-,12-,14+/m1/s1. The lowest BCUT2D eigenvalue weighted by molar-refractivity contribution is 0.0991. The average Bonchev–Trinajstić information content (AvgIpc) is 2.25. The van der Waals surface area contributed by atoms with Crippen LogP contribution >= 0.6 is 0 Å². The Morgan fingerprint density at radius 3 is 3.00 bits per heavy atom. The zero-order valence-corrected chi connectivity index (χ0v) is 9.98. The summed E-state index contributed by atoms with van der Waals surface area (Å²) in [6.07, 6.45) is 2.37. The number of phenolic OH excluding ortho intramolecular Hbond substituents is 1. The third-order valence-electron chi connectivity index (χ3n) is 4.56. The summed E-state index contributed by atoms with van der Waals surface area (Å²) in [5.41, 5.74) is 2.84. The van der Waals surface area contributed by atoms with Crippen molar-refractivity contribution in [3.63, 3.8) is 0 Å². The number of phenols is 1. The van der Waals surface area contributed by atoms with E-state index >= 15 is 0 Å². The summed E-state index contributed by atoms with van der Waals surface area (Å²) in [5, 5.41) is 9.61. The van der Waals surface area contributed by atoms with E-state index < -0.39 is 0 Å². The summed E-state index contributed by atoms with van der Waals surface area (Å²) in [6, 6.07) is 6.61. The molecular formula is C14H19NO. The van der Waals surface area contributed by atoms with Crippen LogP contribution in [0.25, 0.3) is 0 Å². The van der Waals surface area contributed by atoms with E-state index in [0.717, 1.165) is 6.42 Å². The molecule has 1 aromatic rings. The predicted molar refractivity (Wildman–Crippen MR) is 64.8 cm³/mol. The number of benzene rings is 1. The summed E-state index contributed by atoms with van der Waals surface area (Å²) in [7, 11) is 2.24. The molecule has 1 N–H and O–H groups in total. The van der Waals surface area contributed by atoms with Gasteiger partial charge < -0.3 is 10.0 Å². The molecule has 2 aliphatic rings. The van der Waals surface area contributed by atoms with Crippen molar-refractivity contribution in [3.8, 4) is 5.75 Å². The summed E-state index contributed by atoms with van der Waals surface area (Å²) < 4.78 is 0. The van der Waals surface area contributed by atoms with Crippen molar-refractivity contribution in [1.29, 1.82) is 0 Å². The molecule has 0 unspecified atom stereocenters. The third kappa shape index (κ3) is 1.36. The molecule has 2 heteroatoms. The van der Waals surface area contributed by atoms with Crippen molar-refractivity contribution in [1.82, 2.24) is 4.90 Å². The lowest BCUT2D eigenvalue weighted by Crippen LogP contribution is -2.49. The normalized spacial score (nSPS) is 33.5. The molecule has 0 radical (unpaired) electrons. The highest BCUT2D eigenvalue weighted by atomic mass is 16.3. The smallest absolute Gasteiger partial charge is 0.115 e. The van der Waals surface area contributed by atoms with Crippen LogP contribution < -0.4 is 0 Å². The molecule has 16 heavy (non-hydrogen) atoms. The lowest BCUT2D eigenvalue weighted by Gasteiger charge is -2.47. The van der Waals surface area contributed by atoms with E-state index in [1.165, 1.54) is 24.1 Å². The minimum atomic E-state index is 0.420. The van der Waals surface area contributed by atoms with Gasteiger partial charge in [-0.25, -0.2) is 0 Å². The molecule has 1 heterocycles. The van der Waals surface area contributed by atoms with Gasteiger partial charge in [-0.1, -0.05) is 13.0 Å². The first kappa shape index (κ1) is 10.2. The number of rotatable bonds is 0. The van der Waals surface area contributed by atoms with E-state index in [0.29, 0.717) is 23.6 Å². The Morgan fingerprint density at radius 2 is 2.19 bits per heavy atom. The summed E-state index contributed by atoms with van der Waals surface area (Å²) in [6.45, 7) is 3.55. The number of likely N-dealkylation sites (tertiary alicyclic amines) is 1. The first-order valence-electron chi connectivity index (χ1n) is 6.19. The van der Waals surface area contributed by atoms with Crippen molar-refractivity contribution in [2.45, 2.75) is 31.7 Å². The molecule has 1 aliphatic heterocycles. The Bertz CT molecular complexity index is 415. The van der Waals surface area contributed by atoms with Crippen LogP contribution in [-0.2, 0) is 6.42 Å². The van der Waals surface area contributed by atoms with Crippen molar-refractivity contribution >= 4 is 0 Å². The molecule has 3 rings (SSSR count). The molecule has 2 nitrogen and oxygen atoms in total. The fourth-order valence-corrected chi connectivity index (χ4v) is 3.56. The van der Waals surface area contributed by atoms with Crippen LogP contribution in [0.4, 0.5) is 0 Å². The minimum absolute atomic E-state index is 0.420. The molecule has 1 aliphatic carbocycles. The molecule has 2 bridgehead atoms. The molecular weight excluding hydrogens is 198 g/mol. The van der Waals surface area contributed by atoms with Gasteiger partial charge in [0, 0.05) is 6.04 Å². The largest absolute Gasteiger partial charge is 0.508 e. The second kappa shape index (κ2) is 3.49. The molecule has 0 spiro atoms. The molecule has 0 aromatic heterocycles. The molecule has 1 saturated heterocycles. The van der Waals surface area contributed by atoms with E-state index in [-0.39, 0.29) is 0 Å². The van der Waals surface area contributed by atoms with Crippen LogP contribution in [0.2, 0.25) is 0 Å². The van der Waals surface area contributed by atoms with Gasteiger partial charge in [0.1, 0.15) is 5.75 Å². The third-order valence-corrected chi connectivity index (χ3v) is 4.56. The van der Waals surface area contributed by atoms with Gasteiger partial charge in [0.05, 0.1) is 0 Å². The zero-order valence-electron chi connectivity index (χ0n) is 9.98. The van der Waals surface area contributed by atoms with Crippen LogP contribution in [0.5, 0.6) is 5.75 Å². The maximum absolute atomic E-state index is 9.61. The Kier molecular flexibility index (Phi) is 2.21. The maximum Gasteiger partial charge on any atom is 0.115 e. The Labute approximate surface area is 96.9 Å². The van der Waals surface area contributed by atoms with Gasteiger partial charge in [-0.3, -0.25) is 0 Å². The number of fused-ring (bicyclic) bond motifs is 4. The van der Waals surface area contributed by atoms with Crippen molar-refractivity contribution < 1.29 is 5.11 Å². The maximum atomic E-state index is 9.61. The van der Waals surface area contributed by atoms with Crippen LogP contribution in [0.1, 0.15) is 30.4 Å². The van der Waals surface area contributed by atoms with Crippen LogP contribution in [0.15, 0.2) is 18.2 Å². The fourth-order valence-electron chi connectivity index (χ4n) is 3.56. The fraction of sp³-hybridized carbons (Fsp3) is 0.571. The Morgan fingerprint density at radius 1 is 1.38 bits per heavy atom. The number of piperidine rings is 1. The highest BCUT2D eigenvalue weighted by Gasteiger charge is 2.39. The van der Waals surface area contributed by atoms with Gasteiger partial charge in [0.2, 0.25) is 0 Å². The highest BCUT2D eigenvalue weighted by Crippen LogP contribution is 2.44. The van der Waals surface area contributed by atoms with E-state index in [9.17, 15) is 5.11 Å². The van der Waals surface area contributed by atoms with Crippen molar-refractivity contribution in [3.05, 3.63) is 29.3 Å². The molecule has 3 atom stereocenters. The first-order chi connectivity index (χ1) is 7.66. The molecule has 1 aromatic carbocycles. The second-order valence-electron chi connectivity index (χ2n) is 5.39. The molecule has 1 fully saturated rings. The number of nitrogens with zero attached hydrogens (tertiary/aromatic N) is 1. The van der Waals surface area contributed by atoms with Gasteiger partial charge in [0.15, 0.2) is 0 Å². The molecule has 0 amide bonds. The SMILES string of the molecule is C[C@@H]1[C@H]2CCN(C)[C@H]1Cc1ccc(O)cc12. The lowest BCUT2D eigenvalue weighted by atomic mass is 9.69. The Hall–Kier alpha value is -1.02. The first-order valence-corrected chi connectivity index (χ1v) is 6.19. The van der Waals surface area contributed by atoms with E-state index in [1.807, 2.05) is 12.1 Å². The topological polar surface area (TPSA) is 23.5 Å². The van der Waals surface area contributed by atoms with Gasteiger partial charge in [-0.05, 0) is 61.5 Å². The minimum Gasteiger partial charge on any atom is -0.508 e. The van der Waals surface area contributed by atoms with E-state index in [2.05, 4.69) is 24.9 Å². The summed E-state index contributed by atoms with van der Waals surface area (Å²) in [4.78, 5) is 2.50. The summed E-state index contributed by atoms with van der Waals surface area (Å²) in [5.74, 6) is 1.79. The van der Waals surface area contributed by atoms with Gasteiger partial charge >= 0.3 is 0 Å². The monoisotopic (exact) mass is 217 g/mol.